The van der Waals surface area contributed by atoms with Crippen molar-refractivity contribution in [1.82, 2.24) is 14.9 Å². The van der Waals surface area contributed by atoms with Crippen LogP contribution < -0.4 is 4.90 Å². The zero-order valence-electron chi connectivity index (χ0n) is 13.6. The third-order valence-corrected chi connectivity index (χ3v) is 4.63. The maximum atomic E-state index is 5.71. The normalized spacial score (nSPS) is 23.7. The number of nitrogens with zero attached hydrogens (tertiary/aromatic N) is 4. The first-order valence-corrected chi connectivity index (χ1v) is 8.19. The Morgan fingerprint density at radius 2 is 1.95 bits per heavy atom. The van der Waals surface area contributed by atoms with Crippen molar-refractivity contribution in [2.24, 2.45) is 0 Å². The summed E-state index contributed by atoms with van der Waals surface area (Å²) in [6.07, 6.45) is 3.01. The van der Waals surface area contributed by atoms with E-state index < -0.39 is 0 Å². The van der Waals surface area contributed by atoms with E-state index in [4.69, 9.17) is 9.47 Å². The van der Waals surface area contributed by atoms with E-state index in [1.807, 2.05) is 6.92 Å². The largest absolute Gasteiger partial charge is 0.376 e. The summed E-state index contributed by atoms with van der Waals surface area (Å²) in [7, 11) is 0. The third kappa shape index (κ3) is 3.74. The predicted octanol–water partition coefficient (Wildman–Crippen LogP) is 1.02. The Kier molecular flexibility index (Phi) is 5.23. The summed E-state index contributed by atoms with van der Waals surface area (Å²) in [6, 6.07) is 0. The van der Waals surface area contributed by atoms with Crippen LogP contribution in [0, 0.1) is 13.8 Å². The SMILES string of the molecule is Cc1ncnc(N2CCN(CCC3COCCO3)CC2)c1C. The Morgan fingerprint density at radius 3 is 2.68 bits per heavy atom. The van der Waals surface area contributed by atoms with Crippen molar-refractivity contribution in [2.75, 3.05) is 57.4 Å². The Hall–Kier alpha value is -1.24. The van der Waals surface area contributed by atoms with Crippen LogP contribution >= 0.6 is 0 Å². The van der Waals surface area contributed by atoms with Crippen LogP contribution in [0.25, 0.3) is 0 Å². The van der Waals surface area contributed by atoms with Crippen LogP contribution in [0.1, 0.15) is 17.7 Å². The molecule has 1 aromatic rings. The average Bonchev–Trinajstić information content (AvgIpc) is 2.57. The Balaban J connectivity index is 1.47. The van der Waals surface area contributed by atoms with Gasteiger partial charge in [0.05, 0.1) is 25.9 Å². The summed E-state index contributed by atoms with van der Waals surface area (Å²) in [5.74, 6) is 1.09. The molecule has 0 radical (unpaired) electrons. The van der Waals surface area contributed by atoms with E-state index in [1.54, 1.807) is 6.33 Å². The Morgan fingerprint density at radius 1 is 1.14 bits per heavy atom. The molecule has 122 valence electrons. The van der Waals surface area contributed by atoms with E-state index in [0.29, 0.717) is 0 Å². The van der Waals surface area contributed by atoms with Crippen LogP contribution in [0.3, 0.4) is 0 Å². The van der Waals surface area contributed by atoms with Crippen LogP contribution in [-0.4, -0.2) is 73.5 Å². The molecule has 0 amide bonds. The fraction of sp³-hybridized carbons (Fsp3) is 0.750. The molecule has 2 saturated heterocycles. The van der Waals surface area contributed by atoms with Crippen molar-refractivity contribution in [3.05, 3.63) is 17.6 Å². The number of piperazine rings is 1. The number of ether oxygens (including phenoxy) is 2. The molecule has 22 heavy (non-hydrogen) atoms. The number of anilines is 1. The minimum absolute atomic E-state index is 0.276. The van der Waals surface area contributed by atoms with Crippen molar-refractivity contribution in [3.63, 3.8) is 0 Å². The first-order valence-electron chi connectivity index (χ1n) is 8.19. The van der Waals surface area contributed by atoms with Crippen molar-refractivity contribution >= 4 is 5.82 Å². The lowest BCUT2D eigenvalue weighted by Crippen LogP contribution is -2.48. The van der Waals surface area contributed by atoms with Crippen molar-refractivity contribution < 1.29 is 9.47 Å². The van der Waals surface area contributed by atoms with E-state index in [2.05, 4.69) is 26.7 Å². The second-order valence-electron chi connectivity index (χ2n) is 6.09. The molecule has 0 saturated carbocycles. The highest BCUT2D eigenvalue weighted by atomic mass is 16.6. The molecule has 3 rings (SSSR count). The third-order valence-electron chi connectivity index (χ3n) is 4.63. The Bertz CT molecular complexity index is 483. The molecule has 0 spiro atoms. The predicted molar refractivity (Wildman–Crippen MR) is 85.3 cm³/mol. The molecule has 2 fully saturated rings. The molecule has 3 heterocycles. The van der Waals surface area contributed by atoms with Gasteiger partial charge in [0.1, 0.15) is 12.1 Å². The van der Waals surface area contributed by atoms with Crippen LogP contribution in [0.4, 0.5) is 5.82 Å². The van der Waals surface area contributed by atoms with Crippen molar-refractivity contribution in [2.45, 2.75) is 26.4 Å². The van der Waals surface area contributed by atoms with Gasteiger partial charge in [0, 0.05) is 44.0 Å². The van der Waals surface area contributed by atoms with Gasteiger partial charge < -0.3 is 14.4 Å². The molecule has 2 aliphatic rings. The summed E-state index contributed by atoms with van der Waals surface area (Å²) in [5, 5.41) is 0. The summed E-state index contributed by atoms with van der Waals surface area (Å²) in [6.45, 7) is 11.7. The van der Waals surface area contributed by atoms with Crippen LogP contribution in [0.2, 0.25) is 0 Å². The monoisotopic (exact) mass is 306 g/mol. The fourth-order valence-electron chi connectivity index (χ4n) is 3.06. The topological polar surface area (TPSA) is 50.7 Å². The van der Waals surface area contributed by atoms with Crippen LogP contribution in [0.15, 0.2) is 6.33 Å². The molecule has 0 N–H and O–H groups in total. The summed E-state index contributed by atoms with van der Waals surface area (Å²) < 4.78 is 11.2. The van der Waals surface area contributed by atoms with Crippen LogP contribution in [-0.2, 0) is 9.47 Å². The molecule has 1 unspecified atom stereocenters. The lowest BCUT2D eigenvalue weighted by molar-refractivity contribution is -0.0927. The fourth-order valence-corrected chi connectivity index (χ4v) is 3.06. The van der Waals surface area contributed by atoms with Gasteiger partial charge in [-0.3, -0.25) is 4.90 Å². The second kappa shape index (κ2) is 7.35. The van der Waals surface area contributed by atoms with Gasteiger partial charge >= 0.3 is 0 Å². The first-order chi connectivity index (χ1) is 10.7. The molecule has 1 aromatic heterocycles. The Labute approximate surface area is 132 Å². The first kappa shape index (κ1) is 15.6. The van der Waals surface area contributed by atoms with Gasteiger partial charge in [-0.05, 0) is 20.3 Å². The summed E-state index contributed by atoms with van der Waals surface area (Å²) >= 11 is 0. The van der Waals surface area contributed by atoms with E-state index in [-0.39, 0.29) is 6.10 Å². The van der Waals surface area contributed by atoms with Gasteiger partial charge in [-0.15, -0.1) is 0 Å². The second-order valence-corrected chi connectivity index (χ2v) is 6.09. The highest BCUT2D eigenvalue weighted by Crippen LogP contribution is 2.20. The quantitative estimate of drug-likeness (QED) is 0.828. The molecule has 0 aliphatic carbocycles. The number of rotatable bonds is 4. The minimum atomic E-state index is 0.276. The molecule has 2 aliphatic heterocycles. The van der Waals surface area contributed by atoms with Gasteiger partial charge in [0.25, 0.3) is 0 Å². The molecular formula is C16H26N4O2. The van der Waals surface area contributed by atoms with Gasteiger partial charge in [-0.25, -0.2) is 9.97 Å². The molecule has 0 aromatic carbocycles. The zero-order chi connectivity index (χ0) is 15.4. The lowest BCUT2D eigenvalue weighted by Gasteiger charge is -2.36. The standard InChI is InChI=1S/C16H26N4O2/c1-13-14(2)17-12-18-16(13)20-7-5-19(6-8-20)4-3-15-11-21-9-10-22-15/h12,15H,3-11H2,1-2H3. The maximum Gasteiger partial charge on any atom is 0.135 e. The van der Waals surface area contributed by atoms with Gasteiger partial charge in [0.2, 0.25) is 0 Å². The summed E-state index contributed by atoms with van der Waals surface area (Å²) in [4.78, 5) is 13.6. The van der Waals surface area contributed by atoms with E-state index in [0.717, 1.165) is 70.5 Å². The van der Waals surface area contributed by atoms with Crippen LogP contribution in [0.5, 0.6) is 0 Å². The van der Waals surface area contributed by atoms with Gasteiger partial charge in [-0.2, -0.15) is 0 Å². The number of aryl methyl sites for hydroxylation is 1. The maximum absolute atomic E-state index is 5.71. The smallest absolute Gasteiger partial charge is 0.135 e. The molecular weight excluding hydrogens is 280 g/mol. The molecule has 6 heteroatoms. The zero-order valence-corrected chi connectivity index (χ0v) is 13.6. The highest BCUT2D eigenvalue weighted by molar-refractivity contribution is 5.47. The van der Waals surface area contributed by atoms with E-state index in [1.165, 1.54) is 5.56 Å². The lowest BCUT2D eigenvalue weighted by atomic mass is 10.2. The number of hydrogen-bond donors (Lipinski definition) is 0. The average molecular weight is 306 g/mol. The van der Waals surface area contributed by atoms with Gasteiger partial charge in [0.15, 0.2) is 0 Å². The molecule has 0 bridgehead atoms. The van der Waals surface area contributed by atoms with Crippen molar-refractivity contribution in [1.29, 1.82) is 0 Å². The molecule has 6 nitrogen and oxygen atoms in total. The molecule has 1 atom stereocenters. The number of hydrogen-bond acceptors (Lipinski definition) is 6. The number of aromatic nitrogens is 2. The van der Waals surface area contributed by atoms with E-state index >= 15 is 0 Å². The van der Waals surface area contributed by atoms with Crippen molar-refractivity contribution in [3.8, 4) is 0 Å². The van der Waals surface area contributed by atoms with Gasteiger partial charge in [-0.1, -0.05) is 0 Å². The minimum Gasteiger partial charge on any atom is -0.376 e. The summed E-state index contributed by atoms with van der Waals surface area (Å²) in [5.41, 5.74) is 2.27. The van der Waals surface area contributed by atoms with E-state index in [9.17, 15) is 0 Å². The highest BCUT2D eigenvalue weighted by Gasteiger charge is 2.21.